The third-order valence-electron chi connectivity index (χ3n) is 10.6. The van der Waals surface area contributed by atoms with Crippen molar-refractivity contribution in [3.63, 3.8) is 0 Å². The van der Waals surface area contributed by atoms with Crippen LogP contribution in [0.4, 0.5) is 32.0 Å². The van der Waals surface area contributed by atoms with Crippen molar-refractivity contribution in [2.75, 3.05) is 38.3 Å². The molecule has 6 aromatic carbocycles. The summed E-state index contributed by atoms with van der Waals surface area (Å²) in [7, 11) is 1.58. The van der Waals surface area contributed by atoms with E-state index in [-0.39, 0.29) is 11.8 Å². The number of nitrogens with zero attached hydrogens (tertiary/aromatic N) is 2. The number of ether oxygens (including phenoxy) is 3. The van der Waals surface area contributed by atoms with Gasteiger partial charge < -0.3 is 23.7 Å². The van der Waals surface area contributed by atoms with E-state index < -0.39 is 29.1 Å². The Balaban J connectivity index is 1.34. The van der Waals surface area contributed by atoms with Crippen LogP contribution in [0.25, 0.3) is 44.3 Å². The molecule has 1 aromatic heterocycles. The third-order valence-corrected chi connectivity index (χ3v) is 10.6. The lowest BCUT2D eigenvalue weighted by Gasteiger charge is -2.37. The van der Waals surface area contributed by atoms with Gasteiger partial charge in [0.05, 0.1) is 42.5 Å². The molecule has 278 valence electrons. The number of methoxy groups -OCH3 is 1. The van der Waals surface area contributed by atoms with Crippen LogP contribution < -0.4 is 14.4 Å². The Hall–Kier alpha value is -5.94. The number of halogens is 6. The molecular formula is C44H32F6N2O3. The van der Waals surface area contributed by atoms with Crippen molar-refractivity contribution in [1.29, 1.82) is 0 Å². The highest BCUT2D eigenvalue weighted by Gasteiger charge is 2.41. The van der Waals surface area contributed by atoms with E-state index in [9.17, 15) is 26.3 Å². The van der Waals surface area contributed by atoms with Gasteiger partial charge in [-0.1, -0.05) is 66.7 Å². The van der Waals surface area contributed by atoms with Gasteiger partial charge in [-0.05, 0) is 66.1 Å². The zero-order valence-corrected chi connectivity index (χ0v) is 29.3. The smallest absolute Gasteiger partial charge is 0.416 e. The first-order chi connectivity index (χ1) is 26.5. The van der Waals surface area contributed by atoms with Crippen LogP contribution >= 0.6 is 0 Å². The van der Waals surface area contributed by atoms with Crippen LogP contribution in [0, 0.1) is 0 Å². The van der Waals surface area contributed by atoms with Gasteiger partial charge in [0.1, 0.15) is 11.5 Å². The van der Waals surface area contributed by atoms with Gasteiger partial charge in [-0.15, -0.1) is 0 Å². The minimum atomic E-state index is -5.03. The van der Waals surface area contributed by atoms with Crippen molar-refractivity contribution in [3.8, 4) is 17.2 Å². The molecule has 1 fully saturated rings. The summed E-state index contributed by atoms with van der Waals surface area (Å²) in [5.41, 5.74) is -0.237. The first kappa shape index (κ1) is 34.8. The fraction of sp³-hybridized carbons (Fsp3) is 0.182. The van der Waals surface area contributed by atoms with Crippen LogP contribution in [0.15, 0.2) is 121 Å². The molecule has 1 saturated heterocycles. The average molecular weight is 751 g/mol. The maximum Gasteiger partial charge on any atom is 0.416 e. The number of hydrogen-bond acceptors (Lipinski definition) is 4. The van der Waals surface area contributed by atoms with Gasteiger partial charge in [-0.25, -0.2) is 0 Å². The number of morpholine rings is 1. The minimum absolute atomic E-state index is 0.152. The van der Waals surface area contributed by atoms with Gasteiger partial charge in [0.2, 0.25) is 0 Å². The van der Waals surface area contributed by atoms with E-state index in [4.69, 9.17) is 14.2 Å². The van der Waals surface area contributed by atoms with Crippen molar-refractivity contribution < 1.29 is 40.6 Å². The number of hydrogen-bond donors (Lipinski definition) is 0. The Labute approximate surface area is 311 Å². The number of fused-ring (bicyclic) bond motifs is 8. The van der Waals surface area contributed by atoms with Crippen molar-refractivity contribution >= 4 is 44.3 Å². The first-order valence-corrected chi connectivity index (χ1v) is 17.7. The Morgan fingerprint density at radius 2 is 1.24 bits per heavy atom. The molecule has 1 atom stereocenters. The molecule has 0 amide bonds. The van der Waals surface area contributed by atoms with Crippen LogP contribution in [0.3, 0.4) is 0 Å². The zero-order valence-electron chi connectivity index (χ0n) is 29.3. The molecular weight excluding hydrogens is 718 g/mol. The lowest BCUT2D eigenvalue weighted by Crippen LogP contribution is -2.36. The summed E-state index contributed by atoms with van der Waals surface area (Å²) in [6.45, 7) is 2.80. The monoisotopic (exact) mass is 750 g/mol. The normalized spacial score (nSPS) is 17.5. The largest absolute Gasteiger partial charge is 0.497 e. The number of para-hydroxylation sites is 1. The summed E-state index contributed by atoms with van der Waals surface area (Å²) in [6.07, 6.45) is -6.27. The Morgan fingerprint density at radius 1 is 0.655 bits per heavy atom. The predicted molar refractivity (Wildman–Crippen MR) is 201 cm³/mol. The van der Waals surface area contributed by atoms with E-state index in [1.807, 2.05) is 91.0 Å². The molecule has 2 aliphatic rings. The second kappa shape index (κ2) is 12.8. The lowest BCUT2D eigenvalue weighted by molar-refractivity contribution is -0.143. The molecule has 0 bridgehead atoms. The summed E-state index contributed by atoms with van der Waals surface area (Å²) in [5.74, 6) is 1.09. The van der Waals surface area contributed by atoms with Gasteiger partial charge >= 0.3 is 12.4 Å². The number of rotatable bonds is 5. The molecule has 2 aliphatic heterocycles. The molecule has 5 nitrogen and oxygen atoms in total. The summed E-state index contributed by atoms with van der Waals surface area (Å²) < 4.78 is 105. The molecule has 7 aromatic rings. The van der Waals surface area contributed by atoms with E-state index in [1.165, 1.54) is 4.57 Å². The van der Waals surface area contributed by atoms with Gasteiger partial charge in [0.25, 0.3) is 0 Å². The molecule has 1 unspecified atom stereocenters. The molecule has 0 N–H and O–H groups in total. The maximum atomic E-state index is 14.2. The van der Waals surface area contributed by atoms with E-state index >= 15 is 0 Å². The topological polar surface area (TPSA) is 35.9 Å². The summed E-state index contributed by atoms with van der Waals surface area (Å²) in [4.78, 5) is 2.25. The third kappa shape index (κ3) is 5.76. The van der Waals surface area contributed by atoms with E-state index in [2.05, 4.69) is 4.90 Å². The highest BCUT2D eigenvalue weighted by Crippen LogP contribution is 2.51. The van der Waals surface area contributed by atoms with Crippen molar-refractivity contribution in [1.82, 2.24) is 4.57 Å². The fourth-order valence-electron chi connectivity index (χ4n) is 7.97. The predicted octanol–water partition coefficient (Wildman–Crippen LogP) is 11.2. The number of anilines is 1. The van der Waals surface area contributed by atoms with E-state index in [1.54, 1.807) is 25.3 Å². The van der Waals surface area contributed by atoms with Crippen LogP contribution in [-0.4, -0.2) is 38.0 Å². The quantitative estimate of drug-likeness (QED) is 0.164. The molecule has 3 heterocycles. The Morgan fingerprint density at radius 3 is 1.85 bits per heavy atom. The van der Waals surface area contributed by atoms with Gasteiger partial charge in [0, 0.05) is 57.3 Å². The molecule has 9 rings (SSSR count). The standard InChI is InChI=1S/C44H32F6N2O3/c1-53-33-16-12-28(13-17-33)42(27-10-14-31(15-11-27)51-20-22-54-23-21-51)19-18-37-40-39(34-6-2-3-7-35(34)41(37)55-42)36-8-4-5-9-38(36)52(40)32-25-29(43(45,46)47)24-30(26-32)44(48,49)50/h2-19,24-26H,20-23H2,1H3. The first-order valence-electron chi connectivity index (χ1n) is 17.7. The summed E-state index contributed by atoms with van der Waals surface area (Å²) in [6, 6.07) is 31.9. The van der Waals surface area contributed by atoms with E-state index in [0.717, 1.165) is 52.8 Å². The minimum Gasteiger partial charge on any atom is -0.497 e. The van der Waals surface area contributed by atoms with Crippen LogP contribution in [-0.2, 0) is 22.7 Å². The van der Waals surface area contributed by atoms with Crippen LogP contribution in [0.1, 0.15) is 27.8 Å². The molecule has 0 saturated carbocycles. The van der Waals surface area contributed by atoms with Crippen molar-refractivity contribution in [2.45, 2.75) is 18.0 Å². The molecule has 0 spiro atoms. The van der Waals surface area contributed by atoms with Crippen molar-refractivity contribution in [2.24, 2.45) is 0 Å². The lowest BCUT2D eigenvalue weighted by atomic mass is 9.82. The van der Waals surface area contributed by atoms with Crippen LogP contribution in [0.2, 0.25) is 0 Å². The van der Waals surface area contributed by atoms with Gasteiger partial charge in [0.15, 0.2) is 5.60 Å². The molecule has 0 aliphatic carbocycles. The fourth-order valence-corrected chi connectivity index (χ4v) is 7.97. The van der Waals surface area contributed by atoms with E-state index in [0.29, 0.717) is 52.1 Å². The average Bonchev–Trinajstić information content (AvgIpc) is 3.56. The second-order valence-electron chi connectivity index (χ2n) is 13.7. The molecule has 55 heavy (non-hydrogen) atoms. The second-order valence-corrected chi connectivity index (χ2v) is 13.7. The number of benzene rings is 6. The SMILES string of the molecule is COc1ccc(C2(c3ccc(N4CCOCC4)cc3)C=Cc3c(c4ccccc4c4c5ccccc5n(-c5cc(C(F)(F)F)cc(C(F)(F)F)c5)c34)O2)cc1. The summed E-state index contributed by atoms with van der Waals surface area (Å²) >= 11 is 0. The number of aromatic nitrogens is 1. The Kier molecular flexibility index (Phi) is 8.12. The van der Waals surface area contributed by atoms with Crippen LogP contribution in [0.5, 0.6) is 11.5 Å². The Bertz CT molecular complexity index is 2590. The van der Waals surface area contributed by atoms with Gasteiger partial charge in [-0.2, -0.15) is 26.3 Å². The van der Waals surface area contributed by atoms with Crippen molar-refractivity contribution in [3.05, 3.63) is 149 Å². The van der Waals surface area contributed by atoms with Gasteiger partial charge in [-0.3, -0.25) is 0 Å². The zero-order chi connectivity index (χ0) is 38.1. The number of alkyl halides is 6. The molecule has 11 heteroatoms. The maximum absolute atomic E-state index is 14.2. The highest BCUT2D eigenvalue weighted by atomic mass is 19.4. The highest BCUT2D eigenvalue weighted by molar-refractivity contribution is 6.25. The molecule has 0 radical (unpaired) electrons. The summed E-state index contributed by atoms with van der Waals surface area (Å²) in [5, 5.41) is 2.81.